The standard InChI is InChI=1S/C23H37N5O2.HI/c1-4-24-23(25-17-20(3)21-7-5-19(2)6-8-21)28-11-9-26(10-12-28)18-22(29)27-13-15-30-16-14-27;/h5-8,20H,4,9-18H2,1-3H3,(H,24,25);1H. The normalized spacial score (nSPS) is 19.0. The number of aryl methyl sites for hydroxylation is 1. The number of nitrogens with one attached hydrogen (secondary N) is 1. The molecular formula is C23H38IN5O2. The molecule has 0 spiro atoms. The molecule has 2 fully saturated rings. The summed E-state index contributed by atoms with van der Waals surface area (Å²) in [4.78, 5) is 23.9. The lowest BCUT2D eigenvalue weighted by molar-refractivity contribution is -0.136. The fraction of sp³-hybridized carbons (Fsp3) is 0.652. The topological polar surface area (TPSA) is 60.4 Å². The average Bonchev–Trinajstić information content (AvgIpc) is 2.78. The van der Waals surface area contributed by atoms with Crippen LogP contribution in [0.4, 0.5) is 0 Å². The number of ether oxygens (including phenoxy) is 1. The molecule has 2 heterocycles. The summed E-state index contributed by atoms with van der Waals surface area (Å²) in [5.74, 6) is 1.58. The van der Waals surface area contributed by atoms with E-state index in [1.54, 1.807) is 0 Å². The molecule has 2 saturated heterocycles. The number of hydrogen-bond donors (Lipinski definition) is 1. The minimum Gasteiger partial charge on any atom is -0.378 e. The molecule has 31 heavy (non-hydrogen) atoms. The number of aliphatic imine (C=N–C) groups is 1. The van der Waals surface area contributed by atoms with Crippen LogP contribution in [0.1, 0.15) is 30.9 Å². The van der Waals surface area contributed by atoms with Gasteiger partial charge in [-0.05, 0) is 19.4 Å². The molecule has 8 heteroatoms. The molecule has 2 aliphatic heterocycles. The summed E-state index contributed by atoms with van der Waals surface area (Å²) in [5, 5.41) is 3.44. The third-order valence-electron chi connectivity index (χ3n) is 5.89. The lowest BCUT2D eigenvalue weighted by atomic mass is 10.0. The van der Waals surface area contributed by atoms with Crippen molar-refractivity contribution in [2.75, 3.05) is 72.1 Å². The molecule has 0 aliphatic carbocycles. The number of guanidine groups is 1. The maximum absolute atomic E-state index is 12.5. The van der Waals surface area contributed by atoms with Crippen LogP contribution in [0.3, 0.4) is 0 Å². The Morgan fingerprint density at radius 3 is 2.32 bits per heavy atom. The van der Waals surface area contributed by atoms with Crippen molar-refractivity contribution < 1.29 is 9.53 Å². The van der Waals surface area contributed by atoms with Crippen LogP contribution in [0.25, 0.3) is 0 Å². The molecule has 2 aliphatic rings. The number of hydrogen-bond acceptors (Lipinski definition) is 4. The van der Waals surface area contributed by atoms with Gasteiger partial charge in [-0.3, -0.25) is 14.7 Å². The first-order valence-electron chi connectivity index (χ1n) is 11.2. The monoisotopic (exact) mass is 543 g/mol. The molecule has 0 saturated carbocycles. The highest BCUT2D eigenvalue weighted by Gasteiger charge is 2.24. The summed E-state index contributed by atoms with van der Waals surface area (Å²) in [6.07, 6.45) is 0. The maximum Gasteiger partial charge on any atom is 0.236 e. The molecule has 0 radical (unpaired) electrons. The van der Waals surface area contributed by atoms with Crippen LogP contribution in [0.2, 0.25) is 0 Å². The van der Waals surface area contributed by atoms with Crippen LogP contribution in [-0.2, 0) is 9.53 Å². The molecule has 174 valence electrons. The van der Waals surface area contributed by atoms with Gasteiger partial charge in [-0.15, -0.1) is 24.0 Å². The summed E-state index contributed by atoms with van der Waals surface area (Å²) in [5.41, 5.74) is 2.61. The van der Waals surface area contributed by atoms with Gasteiger partial charge in [0.05, 0.1) is 19.8 Å². The summed E-state index contributed by atoms with van der Waals surface area (Å²) >= 11 is 0. The van der Waals surface area contributed by atoms with E-state index in [0.717, 1.165) is 58.3 Å². The average molecular weight is 543 g/mol. The summed E-state index contributed by atoms with van der Waals surface area (Å²) in [6, 6.07) is 8.73. The summed E-state index contributed by atoms with van der Waals surface area (Å²) in [6.45, 7) is 14.9. The Balaban J connectivity index is 0.00000341. The van der Waals surface area contributed by atoms with Gasteiger partial charge in [0.15, 0.2) is 5.96 Å². The van der Waals surface area contributed by atoms with Gasteiger partial charge in [-0.1, -0.05) is 36.8 Å². The summed E-state index contributed by atoms with van der Waals surface area (Å²) < 4.78 is 5.34. The van der Waals surface area contributed by atoms with Gasteiger partial charge in [0.25, 0.3) is 0 Å². The lowest BCUT2D eigenvalue weighted by Gasteiger charge is -2.37. The number of halogens is 1. The van der Waals surface area contributed by atoms with Crippen LogP contribution in [-0.4, -0.2) is 98.7 Å². The van der Waals surface area contributed by atoms with Gasteiger partial charge in [0.1, 0.15) is 0 Å². The number of amides is 1. The van der Waals surface area contributed by atoms with E-state index in [0.29, 0.717) is 25.7 Å². The first-order chi connectivity index (χ1) is 14.6. The first kappa shape index (κ1) is 25.9. The van der Waals surface area contributed by atoms with E-state index in [2.05, 4.69) is 60.2 Å². The highest BCUT2D eigenvalue weighted by atomic mass is 127. The van der Waals surface area contributed by atoms with Crippen molar-refractivity contribution in [3.63, 3.8) is 0 Å². The van der Waals surface area contributed by atoms with E-state index < -0.39 is 0 Å². The highest BCUT2D eigenvalue weighted by Crippen LogP contribution is 2.16. The smallest absolute Gasteiger partial charge is 0.236 e. The van der Waals surface area contributed by atoms with E-state index in [4.69, 9.17) is 9.73 Å². The maximum atomic E-state index is 12.5. The van der Waals surface area contributed by atoms with Crippen molar-refractivity contribution >= 4 is 35.8 Å². The molecule has 0 aromatic heterocycles. The number of rotatable bonds is 6. The Morgan fingerprint density at radius 1 is 1.06 bits per heavy atom. The van der Waals surface area contributed by atoms with Crippen LogP contribution in [0.5, 0.6) is 0 Å². The highest BCUT2D eigenvalue weighted by molar-refractivity contribution is 14.0. The van der Waals surface area contributed by atoms with Crippen LogP contribution >= 0.6 is 24.0 Å². The predicted molar refractivity (Wildman–Crippen MR) is 136 cm³/mol. The van der Waals surface area contributed by atoms with Crippen LogP contribution in [0.15, 0.2) is 29.3 Å². The summed E-state index contributed by atoms with van der Waals surface area (Å²) in [7, 11) is 0. The number of morpholine rings is 1. The number of carbonyl (C=O) groups excluding carboxylic acids is 1. The van der Waals surface area contributed by atoms with E-state index in [-0.39, 0.29) is 29.9 Å². The van der Waals surface area contributed by atoms with E-state index in [1.807, 2.05) is 4.90 Å². The van der Waals surface area contributed by atoms with Crippen LogP contribution in [0, 0.1) is 6.92 Å². The van der Waals surface area contributed by atoms with Crippen molar-refractivity contribution in [1.29, 1.82) is 0 Å². The SMILES string of the molecule is CCNC(=NCC(C)c1ccc(C)cc1)N1CCN(CC(=O)N2CCOCC2)CC1.I. The third-order valence-corrected chi connectivity index (χ3v) is 5.89. The van der Waals surface area contributed by atoms with Gasteiger partial charge in [-0.25, -0.2) is 0 Å². The van der Waals surface area contributed by atoms with E-state index in [9.17, 15) is 4.79 Å². The molecule has 0 bridgehead atoms. The molecule has 1 N–H and O–H groups in total. The Kier molecular flexibility index (Phi) is 11.0. The van der Waals surface area contributed by atoms with Crippen molar-refractivity contribution in [3.8, 4) is 0 Å². The zero-order valence-corrected chi connectivity index (χ0v) is 21.5. The van der Waals surface area contributed by atoms with Crippen molar-refractivity contribution in [3.05, 3.63) is 35.4 Å². The van der Waals surface area contributed by atoms with Crippen molar-refractivity contribution in [2.24, 2.45) is 4.99 Å². The van der Waals surface area contributed by atoms with Gasteiger partial charge in [-0.2, -0.15) is 0 Å². The zero-order chi connectivity index (χ0) is 21.3. The molecule has 1 atom stereocenters. The van der Waals surface area contributed by atoms with Crippen molar-refractivity contribution in [2.45, 2.75) is 26.7 Å². The van der Waals surface area contributed by atoms with Gasteiger partial charge in [0.2, 0.25) is 5.91 Å². The zero-order valence-electron chi connectivity index (χ0n) is 19.2. The van der Waals surface area contributed by atoms with Gasteiger partial charge < -0.3 is 19.9 Å². The molecule has 3 rings (SSSR count). The quantitative estimate of drug-likeness (QED) is 0.339. The first-order valence-corrected chi connectivity index (χ1v) is 11.2. The molecule has 1 unspecified atom stereocenters. The Bertz CT molecular complexity index is 698. The van der Waals surface area contributed by atoms with Crippen molar-refractivity contribution in [1.82, 2.24) is 20.0 Å². The lowest BCUT2D eigenvalue weighted by Crippen LogP contribution is -2.55. The molecule has 7 nitrogen and oxygen atoms in total. The molecule has 1 amide bonds. The molecular weight excluding hydrogens is 505 g/mol. The second kappa shape index (κ2) is 13.2. The van der Waals surface area contributed by atoms with Gasteiger partial charge in [0, 0.05) is 58.3 Å². The fourth-order valence-electron chi connectivity index (χ4n) is 3.87. The van der Waals surface area contributed by atoms with Gasteiger partial charge >= 0.3 is 0 Å². The largest absolute Gasteiger partial charge is 0.378 e. The van der Waals surface area contributed by atoms with Crippen LogP contribution < -0.4 is 5.32 Å². The predicted octanol–water partition coefficient (Wildman–Crippen LogP) is 2.16. The number of benzene rings is 1. The Morgan fingerprint density at radius 2 is 1.71 bits per heavy atom. The number of nitrogens with zero attached hydrogens (tertiary/aromatic N) is 4. The number of piperazine rings is 1. The molecule has 1 aromatic rings. The molecule has 1 aromatic carbocycles. The number of carbonyl (C=O) groups is 1. The second-order valence-electron chi connectivity index (χ2n) is 8.26. The Hall–Kier alpha value is -1.39. The Labute approximate surface area is 204 Å². The fourth-order valence-corrected chi connectivity index (χ4v) is 3.87. The van der Waals surface area contributed by atoms with E-state index in [1.165, 1.54) is 11.1 Å². The minimum absolute atomic E-state index is 0. The minimum atomic E-state index is 0. The second-order valence-corrected chi connectivity index (χ2v) is 8.26. The third kappa shape index (κ3) is 7.91. The van der Waals surface area contributed by atoms with E-state index >= 15 is 0 Å².